The molecule has 2 aliphatic rings. The summed E-state index contributed by atoms with van der Waals surface area (Å²) in [5, 5.41) is 0. The molecular weight excluding hydrogens is 484 g/mol. The van der Waals surface area contributed by atoms with Crippen LogP contribution in [0.15, 0.2) is 58.3 Å². The zero-order chi connectivity index (χ0) is 25.1. The van der Waals surface area contributed by atoms with Crippen LogP contribution in [0.3, 0.4) is 0 Å². The van der Waals surface area contributed by atoms with E-state index in [1.807, 2.05) is 0 Å². The molecule has 2 aromatic carbocycles. The third-order valence-electron chi connectivity index (χ3n) is 7.34. The molecule has 4 rings (SSSR count). The van der Waals surface area contributed by atoms with Crippen LogP contribution >= 0.6 is 0 Å². The van der Waals surface area contributed by atoms with Crippen molar-refractivity contribution in [2.75, 3.05) is 0 Å². The van der Waals surface area contributed by atoms with Crippen LogP contribution in [0, 0.1) is 11.8 Å². The number of rotatable bonds is 8. The van der Waals surface area contributed by atoms with Crippen molar-refractivity contribution in [2.45, 2.75) is 87.1 Å². The minimum absolute atomic E-state index is 0.0321. The van der Waals surface area contributed by atoms with E-state index in [-0.39, 0.29) is 21.9 Å². The number of sulfonamides is 2. The number of ether oxygens (including phenoxy) is 1. The standard InChI is InChI=1S/C26H36N2O5S2/c1-19-7-3-5-9-25(19)27-34(29,30)23-15-11-21(12-16-23)33-22-13-17-24(18-14-22)35(31,32)28-26-10-6-4-8-20(26)2/h11-20,25-28H,3-10H2,1-2H3/t19-,20-,25+,26+/m1/s1. The van der Waals surface area contributed by atoms with E-state index in [1.54, 1.807) is 24.3 Å². The Morgan fingerprint density at radius 2 is 0.943 bits per heavy atom. The first-order valence-corrected chi connectivity index (χ1v) is 15.5. The van der Waals surface area contributed by atoms with Crippen LogP contribution in [0.2, 0.25) is 0 Å². The summed E-state index contributed by atoms with van der Waals surface area (Å²) in [5.41, 5.74) is 0. The average molecular weight is 521 g/mol. The summed E-state index contributed by atoms with van der Waals surface area (Å²) in [4.78, 5) is 0.402. The quantitative estimate of drug-likeness (QED) is 0.499. The van der Waals surface area contributed by atoms with Crippen LogP contribution < -0.4 is 14.2 Å². The molecule has 0 aliphatic heterocycles. The Morgan fingerprint density at radius 3 is 1.29 bits per heavy atom. The predicted octanol–water partition coefficient (Wildman–Crippen LogP) is 5.19. The van der Waals surface area contributed by atoms with Crippen LogP contribution in [0.4, 0.5) is 0 Å². The molecule has 0 saturated heterocycles. The van der Waals surface area contributed by atoms with Gasteiger partial charge in [0.1, 0.15) is 11.5 Å². The lowest BCUT2D eigenvalue weighted by molar-refractivity contribution is 0.310. The van der Waals surface area contributed by atoms with Crippen molar-refractivity contribution in [3.63, 3.8) is 0 Å². The van der Waals surface area contributed by atoms with Gasteiger partial charge in [-0.05, 0) is 86.1 Å². The molecule has 192 valence electrons. The van der Waals surface area contributed by atoms with Crippen molar-refractivity contribution in [1.29, 1.82) is 0 Å². The Balaban J connectivity index is 1.38. The molecule has 7 nitrogen and oxygen atoms in total. The Kier molecular flexibility index (Phi) is 8.20. The van der Waals surface area contributed by atoms with Crippen molar-refractivity contribution in [3.8, 4) is 11.5 Å². The summed E-state index contributed by atoms with van der Waals surface area (Å²) >= 11 is 0. The Bertz CT molecular complexity index is 1100. The van der Waals surface area contributed by atoms with Gasteiger partial charge < -0.3 is 4.74 Å². The van der Waals surface area contributed by atoms with Gasteiger partial charge in [-0.2, -0.15) is 0 Å². The topological polar surface area (TPSA) is 102 Å². The molecule has 35 heavy (non-hydrogen) atoms. The van der Waals surface area contributed by atoms with Gasteiger partial charge in [0.2, 0.25) is 20.0 Å². The van der Waals surface area contributed by atoms with E-state index in [0.717, 1.165) is 51.4 Å². The summed E-state index contributed by atoms with van der Waals surface area (Å²) in [6.45, 7) is 4.18. The summed E-state index contributed by atoms with van der Waals surface area (Å²) in [6, 6.07) is 12.5. The highest BCUT2D eigenvalue weighted by molar-refractivity contribution is 7.89. The van der Waals surface area contributed by atoms with Crippen LogP contribution in [0.5, 0.6) is 11.5 Å². The fourth-order valence-corrected chi connectivity index (χ4v) is 7.79. The highest BCUT2D eigenvalue weighted by Crippen LogP contribution is 2.28. The van der Waals surface area contributed by atoms with Gasteiger partial charge in [-0.3, -0.25) is 0 Å². The summed E-state index contributed by atoms with van der Waals surface area (Å²) in [5.74, 6) is 1.60. The second-order valence-corrected chi connectivity index (χ2v) is 13.5. The molecule has 4 atom stereocenters. The maximum atomic E-state index is 12.8. The van der Waals surface area contributed by atoms with Crippen molar-refractivity contribution >= 4 is 20.0 Å². The maximum absolute atomic E-state index is 12.8. The molecule has 2 aromatic rings. The first kappa shape index (κ1) is 26.1. The smallest absolute Gasteiger partial charge is 0.240 e. The molecule has 0 spiro atoms. The molecule has 0 unspecified atom stereocenters. The monoisotopic (exact) mass is 520 g/mol. The van der Waals surface area contributed by atoms with Gasteiger partial charge in [-0.25, -0.2) is 26.3 Å². The number of hydrogen-bond acceptors (Lipinski definition) is 5. The van der Waals surface area contributed by atoms with E-state index in [2.05, 4.69) is 23.3 Å². The molecule has 2 aliphatic carbocycles. The Labute approximate surface area is 209 Å². The average Bonchev–Trinajstić information content (AvgIpc) is 2.83. The zero-order valence-electron chi connectivity index (χ0n) is 20.4. The van der Waals surface area contributed by atoms with E-state index >= 15 is 0 Å². The fraction of sp³-hybridized carbons (Fsp3) is 0.538. The normalized spacial score (nSPS) is 25.8. The van der Waals surface area contributed by atoms with E-state index < -0.39 is 20.0 Å². The van der Waals surface area contributed by atoms with Gasteiger partial charge in [-0.15, -0.1) is 0 Å². The second-order valence-electron chi connectivity index (χ2n) is 10.0. The molecule has 2 saturated carbocycles. The molecule has 0 aromatic heterocycles. The minimum Gasteiger partial charge on any atom is -0.457 e. The van der Waals surface area contributed by atoms with Crippen LogP contribution in [-0.2, 0) is 20.0 Å². The molecule has 2 N–H and O–H groups in total. The number of benzene rings is 2. The SMILES string of the molecule is C[C@@H]1CCCC[C@@H]1NS(=O)(=O)c1ccc(Oc2ccc(S(=O)(=O)N[C@H]3CCCC[C@H]3C)cc2)cc1. The van der Waals surface area contributed by atoms with Crippen molar-refractivity contribution in [3.05, 3.63) is 48.5 Å². The molecule has 9 heteroatoms. The van der Waals surface area contributed by atoms with E-state index in [0.29, 0.717) is 23.3 Å². The van der Waals surface area contributed by atoms with Gasteiger partial charge in [-0.1, -0.05) is 39.5 Å². The summed E-state index contributed by atoms with van der Waals surface area (Å²) in [7, 11) is -7.20. The third kappa shape index (κ3) is 6.64. The van der Waals surface area contributed by atoms with Gasteiger partial charge in [0.05, 0.1) is 9.79 Å². The minimum atomic E-state index is -3.60. The third-order valence-corrected chi connectivity index (χ3v) is 10.4. The molecular formula is C26H36N2O5S2. The summed E-state index contributed by atoms with van der Waals surface area (Å²) in [6.07, 6.45) is 8.18. The maximum Gasteiger partial charge on any atom is 0.240 e. The Hall–Kier alpha value is -1.94. The van der Waals surface area contributed by atoms with E-state index in [1.165, 1.54) is 24.3 Å². The molecule has 0 heterocycles. The van der Waals surface area contributed by atoms with Crippen molar-refractivity contribution in [1.82, 2.24) is 9.44 Å². The van der Waals surface area contributed by atoms with Gasteiger partial charge in [0.15, 0.2) is 0 Å². The van der Waals surface area contributed by atoms with Crippen LogP contribution in [0.1, 0.15) is 65.2 Å². The first-order valence-electron chi connectivity index (χ1n) is 12.6. The lowest BCUT2D eigenvalue weighted by Gasteiger charge is -2.29. The van der Waals surface area contributed by atoms with E-state index in [4.69, 9.17) is 4.74 Å². The molecule has 0 radical (unpaired) electrons. The highest BCUT2D eigenvalue weighted by Gasteiger charge is 2.28. The van der Waals surface area contributed by atoms with Crippen LogP contribution in [-0.4, -0.2) is 28.9 Å². The molecule has 0 amide bonds. The number of hydrogen-bond donors (Lipinski definition) is 2. The predicted molar refractivity (Wildman–Crippen MR) is 136 cm³/mol. The zero-order valence-corrected chi connectivity index (χ0v) is 22.1. The van der Waals surface area contributed by atoms with Crippen molar-refractivity contribution < 1.29 is 21.6 Å². The molecule has 0 bridgehead atoms. The fourth-order valence-electron chi connectivity index (χ4n) is 5.03. The van der Waals surface area contributed by atoms with Crippen molar-refractivity contribution in [2.24, 2.45) is 11.8 Å². The lowest BCUT2D eigenvalue weighted by Crippen LogP contribution is -2.40. The van der Waals surface area contributed by atoms with E-state index in [9.17, 15) is 16.8 Å². The Morgan fingerprint density at radius 1 is 0.600 bits per heavy atom. The first-order chi connectivity index (χ1) is 16.6. The lowest BCUT2D eigenvalue weighted by atomic mass is 9.87. The van der Waals surface area contributed by atoms with Gasteiger partial charge in [0.25, 0.3) is 0 Å². The number of nitrogens with one attached hydrogen (secondary N) is 2. The van der Waals surface area contributed by atoms with Crippen LogP contribution in [0.25, 0.3) is 0 Å². The van der Waals surface area contributed by atoms with Gasteiger partial charge >= 0.3 is 0 Å². The van der Waals surface area contributed by atoms with Gasteiger partial charge in [0, 0.05) is 12.1 Å². The second kappa shape index (κ2) is 11.0. The highest BCUT2D eigenvalue weighted by atomic mass is 32.2. The largest absolute Gasteiger partial charge is 0.457 e. The molecule has 2 fully saturated rings. The summed E-state index contributed by atoms with van der Waals surface area (Å²) < 4.78 is 62.7.